The first-order chi connectivity index (χ1) is 16.0. The zero-order valence-electron chi connectivity index (χ0n) is 21.0. The summed E-state index contributed by atoms with van der Waals surface area (Å²) in [5.74, 6) is -0.730. The molecule has 1 aliphatic heterocycles. The number of carbonyl (C=O) groups is 3. The van der Waals surface area contributed by atoms with Gasteiger partial charge in [0, 0.05) is 19.0 Å². The minimum Gasteiger partial charge on any atom is -0.350 e. The molecule has 8 heteroatoms. The Hall–Kier alpha value is -2.74. The lowest BCUT2D eigenvalue weighted by Crippen LogP contribution is -2.58. The number of benzene rings is 1. The number of amides is 3. The first kappa shape index (κ1) is 25.9. The molecule has 0 radical (unpaired) electrons. The van der Waals surface area contributed by atoms with Gasteiger partial charge in [-0.15, -0.1) is 11.3 Å². The summed E-state index contributed by atoms with van der Waals surface area (Å²) < 4.78 is 0. The molecule has 3 amide bonds. The Morgan fingerprint density at radius 3 is 2.41 bits per heavy atom. The Bertz CT molecular complexity index is 1020. The first-order valence-corrected chi connectivity index (χ1v) is 12.7. The lowest BCUT2D eigenvalue weighted by molar-refractivity contribution is -0.144. The summed E-state index contributed by atoms with van der Waals surface area (Å²) in [5.41, 5.74) is 4.48. The molecule has 1 saturated heterocycles. The third-order valence-corrected chi connectivity index (χ3v) is 7.17. The number of hydrogen-bond acceptors (Lipinski definition) is 5. The van der Waals surface area contributed by atoms with Crippen molar-refractivity contribution >= 4 is 29.1 Å². The number of rotatable bonds is 7. The van der Waals surface area contributed by atoms with Crippen LogP contribution in [0.2, 0.25) is 0 Å². The van der Waals surface area contributed by atoms with Crippen molar-refractivity contribution in [3.05, 3.63) is 41.0 Å². The Morgan fingerprint density at radius 2 is 1.85 bits per heavy atom. The maximum Gasteiger partial charge on any atom is 0.246 e. The first-order valence-electron chi connectivity index (χ1n) is 11.9. The summed E-state index contributed by atoms with van der Waals surface area (Å²) in [5, 5.41) is 5.90. The fourth-order valence-corrected chi connectivity index (χ4v) is 4.90. The molecular weight excluding hydrogens is 448 g/mol. The van der Waals surface area contributed by atoms with Crippen molar-refractivity contribution in [2.24, 2.45) is 11.3 Å². The molecule has 3 rings (SSSR count). The van der Waals surface area contributed by atoms with Crippen molar-refractivity contribution in [1.82, 2.24) is 20.5 Å². The number of aryl methyl sites for hydroxylation is 1. The third-order valence-electron chi connectivity index (χ3n) is 6.19. The number of likely N-dealkylation sites (tertiary alicyclic amines) is 1. The molecule has 1 fully saturated rings. The average molecular weight is 485 g/mol. The van der Waals surface area contributed by atoms with Gasteiger partial charge in [0.2, 0.25) is 17.7 Å². The van der Waals surface area contributed by atoms with Gasteiger partial charge in [-0.1, -0.05) is 58.9 Å². The van der Waals surface area contributed by atoms with E-state index in [2.05, 4.69) is 15.6 Å². The van der Waals surface area contributed by atoms with E-state index >= 15 is 0 Å². The van der Waals surface area contributed by atoms with E-state index in [0.29, 0.717) is 19.5 Å². The molecule has 1 aliphatic rings. The highest BCUT2D eigenvalue weighted by Gasteiger charge is 2.41. The van der Waals surface area contributed by atoms with E-state index in [9.17, 15) is 14.4 Å². The Balaban J connectivity index is 1.64. The zero-order chi connectivity index (χ0) is 25.0. The lowest BCUT2D eigenvalue weighted by Gasteiger charge is -2.35. The van der Waals surface area contributed by atoms with Gasteiger partial charge in [-0.25, -0.2) is 4.98 Å². The van der Waals surface area contributed by atoms with Crippen LogP contribution in [0.3, 0.4) is 0 Å². The van der Waals surface area contributed by atoms with Crippen LogP contribution in [0.15, 0.2) is 29.8 Å². The summed E-state index contributed by atoms with van der Waals surface area (Å²) in [7, 11) is 0. The summed E-state index contributed by atoms with van der Waals surface area (Å²) in [4.78, 5) is 45.9. The van der Waals surface area contributed by atoms with E-state index in [1.54, 1.807) is 30.1 Å². The van der Waals surface area contributed by atoms with Gasteiger partial charge in [0.15, 0.2) is 0 Å². The fourth-order valence-electron chi connectivity index (χ4n) is 4.09. The van der Waals surface area contributed by atoms with Gasteiger partial charge < -0.3 is 15.5 Å². The monoisotopic (exact) mass is 484 g/mol. The summed E-state index contributed by atoms with van der Waals surface area (Å²) >= 11 is 1.61. The molecule has 1 unspecified atom stereocenters. The number of nitrogens with one attached hydrogen (secondary N) is 2. The fraction of sp³-hybridized carbons (Fsp3) is 0.538. The number of thiazole rings is 1. The molecule has 1 aromatic carbocycles. The second kappa shape index (κ2) is 10.7. The van der Waals surface area contributed by atoms with Crippen LogP contribution in [0.5, 0.6) is 0 Å². The van der Waals surface area contributed by atoms with Gasteiger partial charge in [0.25, 0.3) is 0 Å². The molecule has 2 heterocycles. The number of nitrogens with zero attached hydrogens (tertiary/aromatic N) is 2. The molecule has 0 saturated carbocycles. The quantitative estimate of drug-likeness (QED) is 0.623. The van der Waals surface area contributed by atoms with E-state index in [0.717, 1.165) is 28.1 Å². The molecule has 184 valence electrons. The van der Waals surface area contributed by atoms with E-state index in [4.69, 9.17) is 0 Å². The maximum absolute atomic E-state index is 13.4. The van der Waals surface area contributed by atoms with Crippen LogP contribution in [-0.2, 0) is 20.9 Å². The predicted octanol–water partition coefficient (Wildman–Crippen LogP) is 3.91. The minimum atomic E-state index is -0.682. The Morgan fingerprint density at radius 1 is 1.18 bits per heavy atom. The molecule has 2 aromatic rings. The molecular formula is C26H36N4O3S. The van der Waals surface area contributed by atoms with Gasteiger partial charge in [0.05, 0.1) is 16.1 Å². The smallest absolute Gasteiger partial charge is 0.246 e. The number of aromatic nitrogens is 1. The molecule has 0 bridgehead atoms. The van der Waals surface area contributed by atoms with Crippen molar-refractivity contribution in [3.63, 3.8) is 0 Å². The van der Waals surface area contributed by atoms with Crippen molar-refractivity contribution in [1.29, 1.82) is 0 Å². The minimum absolute atomic E-state index is 0.156. The third kappa shape index (κ3) is 6.03. The second-order valence-electron chi connectivity index (χ2n) is 10.3. The number of hydrogen-bond donors (Lipinski definition) is 2. The van der Waals surface area contributed by atoms with Crippen LogP contribution in [0.4, 0.5) is 0 Å². The Kier molecular flexibility index (Phi) is 8.13. The van der Waals surface area contributed by atoms with Crippen molar-refractivity contribution in [2.45, 2.75) is 73.0 Å². The van der Waals surface area contributed by atoms with E-state index in [1.807, 2.05) is 57.5 Å². The molecule has 2 N–H and O–H groups in total. The number of carbonyl (C=O) groups excluding carboxylic acids is 3. The molecule has 7 nitrogen and oxygen atoms in total. The predicted molar refractivity (Wildman–Crippen MR) is 135 cm³/mol. The molecule has 0 aliphatic carbocycles. The van der Waals surface area contributed by atoms with Crippen molar-refractivity contribution in [3.8, 4) is 10.4 Å². The SMILES string of the molecule is Cc1ncsc1-c1ccc(CNC(=O)[C@@H]2CCCN2C(=O)C(NC(=O)C(C)C)C(C)(C)C)cc1. The van der Waals surface area contributed by atoms with Crippen LogP contribution in [-0.4, -0.2) is 46.2 Å². The van der Waals surface area contributed by atoms with Crippen LogP contribution < -0.4 is 10.6 Å². The zero-order valence-corrected chi connectivity index (χ0v) is 21.8. The van der Waals surface area contributed by atoms with Gasteiger partial charge >= 0.3 is 0 Å². The van der Waals surface area contributed by atoms with E-state index < -0.39 is 17.5 Å². The maximum atomic E-state index is 13.4. The van der Waals surface area contributed by atoms with Crippen LogP contribution in [0.25, 0.3) is 10.4 Å². The summed E-state index contributed by atoms with van der Waals surface area (Å²) in [6.45, 7) is 12.3. The molecule has 34 heavy (non-hydrogen) atoms. The van der Waals surface area contributed by atoms with Gasteiger partial charge in [0.1, 0.15) is 12.1 Å². The van der Waals surface area contributed by atoms with Gasteiger partial charge in [-0.3, -0.25) is 14.4 Å². The van der Waals surface area contributed by atoms with Crippen LogP contribution in [0, 0.1) is 18.3 Å². The molecule has 0 spiro atoms. The van der Waals surface area contributed by atoms with Crippen molar-refractivity contribution < 1.29 is 14.4 Å². The average Bonchev–Trinajstić information content (AvgIpc) is 3.44. The molecule has 1 aromatic heterocycles. The Labute approximate surface area is 206 Å². The van der Waals surface area contributed by atoms with Crippen LogP contribution in [0.1, 0.15) is 58.7 Å². The van der Waals surface area contributed by atoms with E-state index in [1.165, 1.54) is 0 Å². The van der Waals surface area contributed by atoms with Gasteiger partial charge in [-0.05, 0) is 36.3 Å². The normalized spacial score (nSPS) is 17.0. The van der Waals surface area contributed by atoms with Gasteiger partial charge in [-0.2, -0.15) is 0 Å². The highest BCUT2D eigenvalue weighted by atomic mass is 32.1. The van der Waals surface area contributed by atoms with Crippen LogP contribution >= 0.6 is 11.3 Å². The standard InChI is InChI=1S/C26H36N4O3S/c1-16(2)23(31)29-22(26(4,5)6)25(33)30-13-7-8-20(30)24(32)27-14-18-9-11-19(12-10-18)21-17(3)28-15-34-21/h9-12,15-16,20,22H,7-8,13-14H2,1-6H3,(H,27,32)(H,29,31)/t20-,22?/m0/s1. The largest absolute Gasteiger partial charge is 0.350 e. The second-order valence-corrected chi connectivity index (χ2v) is 11.2. The van der Waals surface area contributed by atoms with E-state index in [-0.39, 0.29) is 23.6 Å². The highest BCUT2D eigenvalue weighted by Crippen LogP contribution is 2.28. The lowest BCUT2D eigenvalue weighted by atomic mass is 9.85. The summed E-state index contributed by atoms with van der Waals surface area (Å²) in [6, 6.07) is 6.88. The molecule has 2 atom stereocenters. The topological polar surface area (TPSA) is 91.4 Å². The summed E-state index contributed by atoms with van der Waals surface area (Å²) in [6.07, 6.45) is 1.39. The van der Waals surface area contributed by atoms with Crippen molar-refractivity contribution in [2.75, 3.05) is 6.54 Å². The highest BCUT2D eigenvalue weighted by molar-refractivity contribution is 7.13.